The Balaban J connectivity index is 1.44. The Morgan fingerprint density at radius 1 is 0.889 bits per heavy atom. The first kappa shape index (κ1) is 22.6. The van der Waals surface area contributed by atoms with Gasteiger partial charge in [-0.25, -0.2) is 0 Å². The summed E-state index contributed by atoms with van der Waals surface area (Å²) in [5.74, 6) is 1.43. The molecule has 5 aliphatic heterocycles. The molecule has 192 valence electrons. The van der Waals surface area contributed by atoms with E-state index in [0.29, 0.717) is 5.75 Å². The number of nitrogens with one attached hydrogen (secondary N) is 2. The SMILES string of the molecule is COc1ccc(N[C@]23c4cc(OC)ccc4NC4(COC5[C@H](O)CO[C@@H]54)C2OC2C3OC[C@H]2O)cc1. The van der Waals surface area contributed by atoms with Gasteiger partial charge in [-0.3, -0.25) is 0 Å². The third-order valence-corrected chi connectivity index (χ3v) is 8.38. The molecule has 36 heavy (non-hydrogen) atoms. The van der Waals surface area contributed by atoms with Crippen LogP contribution in [0.4, 0.5) is 11.4 Å². The number of methoxy groups -OCH3 is 2. The van der Waals surface area contributed by atoms with E-state index < -0.39 is 53.8 Å². The number of benzene rings is 2. The van der Waals surface area contributed by atoms with Crippen molar-refractivity contribution in [3.63, 3.8) is 0 Å². The molecule has 10 nitrogen and oxygen atoms in total. The van der Waals surface area contributed by atoms with Gasteiger partial charge < -0.3 is 49.3 Å². The molecular formula is C26H30N2O8. The smallest absolute Gasteiger partial charge is 0.123 e. The van der Waals surface area contributed by atoms with Crippen LogP contribution in [0.15, 0.2) is 42.5 Å². The number of rotatable bonds is 4. The van der Waals surface area contributed by atoms with Crippen LogP contribution < -0.4 is 20.1 Å². The predicted octanol–water partition coefficient (Wildman–Crippen LogP) is 0.861. The van der Waals surface area contributed by atoms with Crippen LogP contribution in [-0.2, 0) is 24.5 Å². The summed E-state index contributed by atoms with van der Waals surface area (Å²) in [4.78, 5) is 0. The lowest BCUT2D eigenvalue weighted by Crippen LogP contribution is -2.70. The van der Waals surface area contributed by atoms with Gasteiger partial charge in [0.25, 0.3) is 0 Å². The molecule has 10 heteroatoms. The van der Waals surface area contributed by atoms with E-state index in [4.69, 9.17) is 28.4 Å². The number of hydrogen-bond acceptors (Lipinski definition) is 10. The molecule has 2 aromatic carbocycles. The van der Waals surface area contributed by atoms with Crippen molar-refractivity contribution >= 4 is 11.4 Å². The minimum absolute atomic E-state index is 0.172. The minimum atomic E-state index is -0.930. The van der Waals surface area contributed by atoms with Crippen LogP contribution in [0.5, 0.6) is 11.5 Å². The van der Waals surface area contributed by atoms with Gasteiger partial charge in [0, 0.05) is 16.9 Å². The Hall–Kier alpha value is -2.60. The van der Waals surface area contributed by atoms with Crippen molar-refractivity contribution in [1.29, 1.82) is 0 Å². The van der Waals surface area contributed by atoms with Gasteiger partial charge in [0.1, 0.15) is 65.3 Å². The van der Waals surface area contributed by atoms with E-state index in [1.54, 1.807) is 14.2 Å². The lowest BCUT2D eigenvalue weighted by molar-refractivity contribution is -0.0834. The summed E-state index contributed by atoms with van der Waals surface area (Å²) in [5.41, 5.74) is 0.828. The molecule has 0 bridgehead atoms. The predicted molar refractivity (Wildman–Crippen MR) is 128 cm³/mol. The van der Waals surface area contributed by atoms with Crippen molar-refractivity contribution in [2.45, 2.75) is 53.8 Å². The molecule has 4 saturated heterocycles. The van der Waals surface area contributed by atoms with Gasteiger partial charge in [0.2, 0.25) is 0 Å². The molecular weight excluding hydrogens is 468 g/mol. The molecule has 9 atom stereocenters. The molecule has 7 rings (SSSR count). The van der Waals surface area contributed by atoms with Crippen molar-refractivity contribution in [2.24, 2.45) is 0 Å². The lowest BCUT2D eigenvalue weighted by atomic mass is 9.67. The van der Waals surface area contributed by atoms with Gasteiger partial charge in [-0.1, -0.05) is 0 Å². The summed E-state index contributed by atoms with van der Waals surface area (Å²) >= 11 is 0. The highest BCUT2D eigenvalue weighted by molar-refractivity contribution is 5.68. The van der Waals surface area contributed by atoms with E-state index in [9.17, 15) is 10.2 Å². The molecule has 5 heterocycles. The maximum atomic E-state index is 10.9. The van der Waals surface area contributed by atoms with Crippen LogP contribution in [0.2, 0.25) is 0 Å². The highest BCUT2D eigenvalue weighted by Gasteiger charge is 2.75. The second-order valence-electron chi connectivity index (χ2n) is 10.2. The molecule has 0 aliphatic carbocycles. The van der Waals surface area contributed by atoms with Crippen LogP contribution in [0.3, 0.4) is 0 Å². The number of aliphatic hydroxyl groups excluding tert-OH is 2. The third kappa shape index (κ3) is 2.88. The van der Waals surface area contributed by atoms with E-state index in [-0.39, 0.29) is 19.8 Å². The number of fused-ring (bicyclic) bond motifs is 8. The van der Waals surface area contributed by atoms with E-state index in [1.807, 2.05) is 42.5 Å². The fourth-order valence-electron chi connectivity index (χ4n) is 6.80. The maximum Gasteiger partial charge on any atom is 0.123 e. The maximum absolute atomic E-state index is 10.9. The molecule has 5 unspecified atom stereocenters. The van der Waals surface area contributed by atoms with Crippen LogP contribution in [-0.4, -0.2) is 92.5 Å². The molecule has 0 saturated carbocycles. The van der Waals surface area contributed by atoms with Crippen LogP contribution in [0.25, 0.3) is 0 Å². The molecule has 4 N–H and O–H groups in total. The first-order valence-corrected chi connectivity index (χ1v) is 12.3. The zero-order valence-corrected chi connectivity index (χ0v) is 20.0. The summed E-state index contributed by atoms with van der Waals surface area (Å²) < 4.78 is 36.2. The van der Waals surface area contributed by atoms with E-state index in [1.165, 1.54) is 0 Å². The van der Waals surface area contributed by atoms with Crippen molar-refractivity contribution < 1.29 is 38.6 Å². The molecule has 0 amide bonds. The Bertz CT molecular complexity index is 1160. The minimum Gasteiger partial charge on any atom is -0.497 e. The summed E-state index contributed by atoms with van der Waals surface area (Å²) in [6, 6.07) is 13.5. The van der Waals surface area contributed by atoms with Gasteiger partial charge in [-0.15, -0.1) is 0 Å². The summed E-state index contributed by atoms with van der Waals surface area (Å²) in [5, 5.41) is 28.8. The second kappa shape index (κ2) is 7.95. The molecule has 0 radical (unpaired) electrons. The van der Waals surface area contributed by atoms with Gasteiger partial charge in [0.15, 0.2) is 0 Å². The summed E-state index contributed by atoms with van der Waals surface area (Å²) in [6.07, 6.45) is -4.09. The van der Waals surface area contributed by atoms with Crippen molar-refractivity contribution in [3.05, 3.63) is 48.0 Å². The van der Waals surface area contributed by atoms with Gasteiger partial charge in [-0.2, -0.15) is 0 Å². The largest absolute Gasteiger partial charge is 0.497 e. The lowest BCUT2D eigenvalue weighted by Gasteiger charge is -2.53. The monoisotopic (exact) mass is 498 g/mol. The fraction of sp³-hybridized carbons (Fsp3) is 0.538. The third-order valence-electron chi connectivity index (χ3n) is 8.38. The topological polar surface area (TPSA) is 120 Å². The number of hydrogen-bond donors (Lipinski definition) is 4. The molecule has 4 fully saturated rings. The Kier molecular flexibility index (Phi) is 4.99. The van der Waals surface area contributed by atoms with Crippen LogP contribution >= 0.6 is 0 Å². The summed E-state index contributed by atoms with van der Waals surface area (Å²) in [7, 11) is 3.26. The van der Waals surface area contributed by atoms with E-state index in [0.717, 1.165) is 22.7 Å². The average Bonchev–Trinajstić information content (AvgIpc) is 3.64. The second-order valence-corrected chi connectivity index (χ2v) is 10.2. The number of ether oxygens (including phenoxy) is 6. The average molecular weight is 499 g/mol. The zero-order chi connectivity index (χ0) is 24.7. The van der Waals surface area contributed by atoms with E-state index in [2.05, 4.69) is 10.6 Å². The quantitative estimate of drug-likeness (QED) is 0.483. The van der Waals surface area contributed by atoms with Crippen LogP contribution in [0, 0.1) is 0 Å². The summed E-state index contributed by atoms with van der Waals surface area (Å²) in [6.45, 7) is 0.620. The van der Waals surface area contributed by atoms with Gasteiger partial charge in [-0.05, 0) is 42.5 Å². The molecule has 5 aliphatic rings. The zero-order valence-electron chi connectivity index (χ0n) is 20.0. The van der Waals surface area contributed by atoms with Crippen molar-refractivity contribution in [1.82, 2.24) is 0 Å². The van der Waals surface area contributed by atoms with Gasteiger partial charge in [0.05, 0.1) is 34.0 Å². The fourth-order valence-corrected chi connectivity index (χ4v) is 6.80. The Morgan fingerprint density at radius 2 is 1.58 bits per heavy atom. The molecule has 2 aromatic rings. The first-order valence-electron chi connectivity index (χ1n) is 12.3. The van der Waals surface area contributed by atoms with Gasteiger partial charge >= 0.3 is 0 Å². The van der Waals surface area contributed by atoms with E-state index >= 15 is 0 Å². The Morgan fingerprint density at radius 3 is 2.33 bits per heavy atom. The first-order chi connectivity index (χ1) is 17.5. The van der Waals surface area contributed by atoms with Crippen LogP contribution in [0.1, 0.15) is 5.56 Å². The highest BCUT2D eigenvalue weighted by Crippen LogP contribution is 2.59. The number of anilines is 2. The number of aliphatic hydroxyl groups is 2. The molecule has 0 aromatic heterocycles. The van der Waals surface area contributed by atoms with Crippen molar-refractivity contribution in [2.75, 3.05) is 44.7 Å². The normalized spacial score (nSPS) is 41.8. The highest BCUT2D eigenvalue weighted by atomic mass is 16.6. The molecule has 1 spiro atoms. The standard InChI is InChI=1S/C26H30N2O8/c1-31-14-5-3-13(4-6-14)27-26-16-9-15(32-2)7-8-17(16)28-25(12-35-20-18(29)10-33-22(20)25)24(26)36-21-19(30)11-34-23(21)26/h3-9,18-24,27-30H,10-12H2,1-2H3/t18-,19-,20?,21?,22+,23?,24?,25?,26+/m1/s1. The Labute approximate surface area is 208 Å². The van der Waals surface area contributed by atoms with Crippen molar-refractivity contribution in [3.8, 4) is 11.5 Å².